The van der Waals surface area contributed by atoms with Crippen LogP contribution in [0.3, 0.4) is 0 Å². The first-order valence-corrected chi connectivity index (χ1v) is 13.7. The number of fused-ring (bicyclic) bond motifs is 6. The van der Waals surface area contributed by atoms with Crippen LogP contribution in [0.15, 0.2) is 30.3 Å². The SMILES string of the molecule is COC[C@@H]1CCN(C(=O)OC(C)(C)C)[C@H](c2nc3c([nH]2)CCc2cc4c(cc2-3)OCc2cc(Cl)ccc2-4)C1. The zero-order valence-corrected chi connectivity index (χ0v) is 23.2. The van der Waals surface area contributed by atoms with Crippen molar-refractivity contribution in [1.82, 2.24) is 14.9 Å². The van der Waals surface area contributed by atoms with E-state index in [9.17, 15) is 4.79 Å². The van der Waals surface area contributed by atoms with Crippen molar-refractivity contribution in [3.8, 4) is 28.1 Å². The van der Waals surface area contributed by atoms with Crippen LogP contribution >= 0.6 is 11.6 Å². The summed E-state index contributed by atoms with van der Waals surface area (Å²) in [5.41, 5.74) is 7.23. The Morgan fingerprint density at radius 1 is 1.16 bits per heavy atom. The summed E-state index contributed by atoms with van der Waals surface area (Å²) in [6.07, 6.45) is 3.13. The van der Waals surface area contributed by atoms with Gasteiger partial charge in [-0.1, -0.05) is 17.7 Å². The third-order valence-corrected chi connectivity index (χ3v) is 7.93. The molecule has 1 aromatic heterocycles. The highest BCUT2D eigenvalue weighted by molar-refractivity contribution is 6.30. The number of amides is 1. The molecule has 3 aliphatic rings. The van der Waals surface area contributed by atoms with Crippen LogP contribution in [-0.4, -0.2) is 46.8 Å². The number of H-pyrrole nitrogens is 1. The molecule has 2 atom stereocenters. The first-order valence-electron chi connectivity index (χ1n) is 13.4. The first kappa shape index (κ1) is 25.3. The van der Waals surface area contributed by atoms with Gasteiger partial charge in [0.25, 0.3) is 0 Å². The number of ether oxygens (including phenoxy) is 3. The molecule has 0 bridgehead atoms. The number of benzene rings is 2. The van der Waals surface area contributed by atoms with Crippen LogP contribution in [0.25, 0.3) is 22.4 Å². The van der Waals surface area contributed by atoms with Crippen molar-refractivity contribution in [2.45, 2.75) is 64.7 Å². The second kappa shape index (κ2) is 9.62. The molecule has 1 N–H and O–H groups in total. The van der Waals surface area contributed by atoms with Crippen LogP contribution in [0.1, 0.15) is 62.3 Å². The van der Waals surface area contributed by atoms with Crippen molar-refractivity contribution in [2.75, 3.05) is 20.3 Å². The van der Waals surface area contributed by atoms with Gasteiger partial charge in [-0.2, -0.15) is 0 Å². The quantitative estimate of drug-likeness (QED) is 0.402. The lowest BCUT2D eigenvalue weighted by Crippen LogP contribution is -2.44. The maximum Gasteiger partial charge on any atom is 0.410 e. The fourth-order valence-electron chi connectivity index (χ4n) is 5.96. The number of imidazole rings is 1. The summed E-state index contributed by atoms with van der Waals surface area (Å²) in [6.45, 7) is 7.47. The number of carbonyl (C=O) groups is 1. The number of methoxy groups -OCH3 is 1. The van der Waals surface area contributed by atoms with Crippen LogP contribution in [-0.2, 0) is 28.9 Å². The summed E-state index contributed by atoms with van der Waals surface area (Å²) in [7, 11) is 1.73. The second-order valence-corrected chi connectivity index (χ2v) is 12.0. The molecule has 0 spiro atoms. The second-order valence-electron chi connectivity index (χ2n) is 11.6. The van der Waals surface area contributed by atoms with Crippen molar-refractivity contribution >= 4 is 17.7 Å². The van der Waals surface area contributed by atoms with Gasteiger partial charge >= 0.3 is 6.09 Å². The molecular formula is C30H34ClN3O4. The minimum atomic E-state index is -0.560. The van der Waals surface area contributed by atoms with E-state index in [1.54, 1.807) is 7.11 Å². The first-order chi connectivity index (χ1) is 18.2. The van der Waals surface area contributed by atoms with Gasteiger partial charge in [-0.3, -0.25) is 4.90 Å². The number of halogens is 1. The number of piperidine rings is 1. The number of rotatable bonds is 3. The summed E-state index contributed by atoms with van der Waals surface area (Å²) in [5, 5.41) is 0.721. The van der Waals surface area contributed by atoms with Gasteiger partial charge in [0.1, 0.15) is 23.8 Å². The molecule has 1 fully saturated rings. The van der Waals surface area contributed by atoms with E-state index in [0.29, 0.717) is 25.7 Å². The third-order valence-electron chi connectivity index (χ3n) is 7.70. The average Bonchev–Trinajstić information content (AvgIpc) is 3.31. The van der Waals surface area contributed by atoms with Crippen LogP contribution in [0.5, 0.6) is 5.75 Å². The normalized spacial score (nSPS) is 20.1. The zero-order chi connectivity index (χ0) is 26.6. The Morgan fingerprint density at radius 3 is 2.79 bits per heavy atom. The number of aromatic nitrogens is 2. The van der Waals surface area contributed by atoms with Crippen molar-refractivity contribution in [2.24, 2.45) is 5.92 Å². The molecule has 2 aliphatic heterocycles. The maximum atomic E-state index is 13.2. The number of aromatic amines is 1. The molecule has 1 saturated heterocycles. The summed E-state index contributed by atoms with van der Waals surface area (Å²) < 4.78 is 17.4. The lowest BCUT2D eigenvalue weighted by molar-refractivity contribution is -0.00305. The maximum absolute atomic E-state index is 13.2. The number of likely N-dealkylation sites (tertiary alicyclic amines) is 1. The Balaban J connectivity index is 1.36. The lowest BCUT2D eigenvalue weighted by atomic mass is 9.87. The van der Waals surface area contributed by atoms with Crippen LogP contribution in [0.2, 0.25) is 5.02 Å². The van der Waals surface area contributed by atoms with E-state index in [2.05, 4.69) is 23.2 Å². The molecule has 3 aromatic rings. The van der Waals surface area contributed by atoms with E-state index in [4.69, 9.17) is 30.8 Å². The van der Waals surface area contributed by atoms with Gasteiger partial charge in [0, 0.05) is 42.1 Å². The van der Waals surface area contributed by atoms with Gasteiger partial charge in [0.05, 0.1) is 11.7 Å². The zero-order valence-electron chi connectivity index (χ0n) is 22.4. The molecule has 0 saturated carbocycles. The summed E-state index contributed by atoms with van der Waals surface area (Å²) in [4.78, 5) is 23.8. The molecular weight excluding hydrogens is 502 g/mol. The van der Waals surface area contributed by atoms with E-state index in [1.165, 1.54) is 11.1 Å². The minimum absolute atomic E-state index is 0.196. The Hall–Kier alpha value is -3.03. The van der Waals surface area contributed by atoms with Crippen molar-refractivity contribution in [3.63, 3.8) is 0 Å². The van der Waals surface area contributed by atoms with E-state index < -0.39 is 5.60 Å². The van der Waals surface area contributed by atoms with E-state index in [1.807, 2.05) is 37.8 Å². The molecule has 0 unspecified atom stereocenters. The molecule has 200 valence electrons. The summed E-state index contributed by atoms with van der Waals surface area (Å²) in [6, 6.07) is 10.2. The number of hydrogen-bond donors (Lipinski definition) is 1. The van der Waals surface area contributed by atoms with Crippen molar-refractivity contribution in [3.05, 3.63) is 58.0 Å². The highest BCUT2D eigenvalue weighted by atomic mass is 35.5. The molecule has 1 amide bonds. The lowest BCUT2D eigenvalue weighted by Gasteiger charge is -2.38. The predicted molar refractivity (Wildman–Crippen MR) is 146 cm³/mol. The monoisotopic (exact) mass is 535 g/mol. The molecule has 7 nitrogen and oxygen atoms in total. The molecule has 38 heavy (non-hydrogen) atoms. The standard InChI is InChI=1S/C30H34ClN3O4/c1-30(2,3)38-29(35)34-10-9-17(15-36-4)11-25(34)28-32-24-8-5-18-13-23-21-7-6-20(31)12-19(21)16-37-26(23)14-22(18)27(24)33-28/h6-7,12-14,17,25H,5,8-11,15-16H2,1-4H3,(H,32,33)/t17-,25+/m1/s1. The smallest absolute Gasteiger partial charge is 0.410 e. The number of nitrogens with zero attached hydrogens (tertiary/aromatic N) is 2. The number of hydrogen-bond acceptors (Lipinski definition) is 5. The molecule has 8 heteroatoms. The molecule has 6 rings (SSSR count). The highest BCUT2D eigenvalue weighted by Crippen LogP contribution is 2.45. The number of carbonyl (C=O) groups excluding carboxylic acids is 1. The molecule has 3 heterocycles. The average molecular weight is 536 g/mol. The van der Waals surface area contributed by atoms with E-state index >= 15 is 0 Å². The Bertz CT molecular complexity index is 1390. The third kappa shape index (κ3) is 4.67. The van der Waals surface area contributed by atoms with Gasteiger partial charge in [0.2, 0.25) is 0 Å². The number of aryl methyl sites for hydroxylation is 2. The summed E-state index contributed by atoms with van der Waals surface area (Å²) >= 11 is 6.22. The fourth-order valence-corrected chi connectivity index (χ4v) is 6.15. The van der Waals surface area contributed by atoms with Gasteiger partial charge in [-0.05, 0) is 93.3 Å². The largest absolute Gasteiger partial charge is 0.488 e. The van der Waals surface area contributed by atoms with E-state index in [0.717, 1.165) is 70.4 Å². The Kier molecular flexibility index (Phi) is 6.39. The fraction of sp³-hybridized carbons (Fsp3) is 0.467. The van der Waals surface area contributed by atoms with Crippen LogP contribution < -0.4 is 4.74 Å². The van der Waals surface area contributed by atoms with Gasteiger partial charge in [-0.25, -0.2) is 9.78 Å². The van der Waals surface area contributed by atoms with Gasteiger partial charge in [0.15, 0.2) is 0 Å². The minimum Gasteiger partial charge on any atom is -0.488 e. The van der Waals surface area contributed by atoms with Crippen molar-refractivity contribution < 1.29 is 19.0 Å². The predicted octanol–water partition coefficient (Wildman–Crippen LogP) is 6.72. The Labute approximate surface area is 228 Å². The number of nitrogens with one attached hydrogen (secondary N) is 1. The van der Waals surface area contributed by atoms with Gasteiger partial charge < -0.3 is 19.2 Å². The highest BCUT2D eigenvalue weighted by Gasteiger charge is 2.38. The topological polar surface area (TPSA) is 76.7 Å². The summed E-state index contributed by atoms with van der Waals surface area (Å²) in [5.74, 6) is 2.03. The van der Waals surface area contributed by atoms with Crippen molar-refractivity contribution in [1.29, 1.82) is 0 Å². The Morgan fingerprint density at radius 2 is 2.00 bits per heavy atom. The van der Waals surface area contributed by atoms with Crippen LogP contribution in [0, 0.1) is 5.92 Å². The molecule has 0 radical (unpaired) electrons. The molecule has 1 aliphatic carbocycles. The molecule has 2 aromatic carbocycles. The van der Waals surface area contributed by atoms with Crippen LogP contribution in [0.4, 0.5) is 4.79 Å². The van der Waals surface area contributed by atoms with E-state index in [-0.39, 0.29) is 12.1 Å². The van der Waals surface area contributed by atoms with Gasteiger partial charge in [-0.15, -0.1) is 0 Å².